The maximum Gasteiger partial charge on any atom is 0.251 e. The lowest BCUT2D eigenvalue weighted by Gasteiger charge is -2.16. The van der Waals surface area contributed by atoms with Gasteiger partial charge in [0.15, 0.2) is 11.4 Å². The first kappa shape index (κ1) is 23.3. The largest absolute Gasteiger partial charge is 0.348 e. The molecule has 7 heteroatoms. The Morgan fingerprint density at radius 1 is 0.818 bits per heavy atom. The molecule has 4 rings (SSSR count). The number of carbonyl (C=O) groups excluding carboxylic acids is 2. The van der Waals surface area contributed by atoms with Crippen molar-refractivity contribution in [3.05, 3.63) is 97.8 Å². The van der Waals surface area contributed by atoms with Crippen LogP contribution in [0.4, 0.5) is 0 Å². The molecule has 3 aromatic rings. The lowest BCUT2D eigenvalue weighted by molar-refractivity contribution is -0.697. The third-order valence-electron chi connectivity index (χ3n) is 6.28. The van der Waals surface area contributed by atoms with E-state index in [-0.39, 0.29) is 11.8 Å². The van der Waals surface area contributed by atoms with E-state index < -0.39 is 0 Å². The van der Waals surface area contributed by atoms with Gasteiger partial charge in [0.25, 0.3) is 11.8 Å². The molecule has 0 atom stereocenters. The minimum absolute atomic E-state index is 0.138. The van der Waals surface area contributed by atoms with Crippen LogP contribution in [0.2, 0.25) is 10.0 Å². The third-order valence-corrected chi connectivity index (χ3v) is 6.78. The van der Waals surface area contributed by atoms with Crippen LogP contribution in [0.25, 0.3) is 0 Å². The molecule has 2 N–H and O–H groups in total. The second-order valence-electron chi connectivity index (χ2n) is 8.25. The molecule has 0 radical (unpaired) electrons. The summed E-state index contributed by atoms with van der Waals surface area (Å²) in [4.78, 5) is 25.3. The number of nitrogens with zero attached hydrogens (tertiary/aromatic N) is 1. The summed E-state index contributed by atoms with van der Waals surface area (Å²) in [6.07, 6.45) is 2.05. The second-order valence-corrected chi connectivity index (χ2v) is 9.12. The zero-order valence-electron chi connectivity index (χ0n) is 18.7. The number of hydrogen-bond donors (Lipinski definition) is 2. The summed E-state index contributed by atoms with van der Waals surface area (Å²) in [6.45, 7) is 5.96. The molecule has 0 aliphatic carbocycles. The minimum atomic E-state index is -0.145. The van der Waals surface area contributed by atoms with Gasteiger partial charge in [0.1, 0.15) is 6.54 Å². The van der Waals surface area contributed by atoms with E-state index in [2.05, 4.69) is 29.0 Å². The number of rotatable bonds is 6. The first-order valence-corrected chi connectivity index (χ1v) is 11.7. The van der Waals surface area contributed by atoms with Gasteiger partial charge in [0.2, 0.25) is 0 Å². The Bertz CT molecular complexity index is 1210. The maximum atomic E-state index is 12.7. The van der Waals surface area contributed by atoms with Gasteiger partial charge in [-0.1, -0.05) is 23.2 Å². The molecule has 2 amide bonds. The molecule has 0 saturated carbocycles. The van der Waals surface area contributed by atoms with E-state index in [1.165, 1.54) is 5.69 Å². The monoisotopic (exact) mass is 482 g/mol. The molecule has 0 saturated heterocycles. The fourth-order valence-electron chi connectivity index (χ4n) is 4.43. The second kappa shape index (κ2) is 9.94. The third kappa shape index (κ3) is 5.05. The average molecular weight is 483 g/mol. The van der Waals surface area contributed by atoms with Gasteiger partial charge < -0.3 is 10.6 Å². The van der Waals surface area contributed by atoms with Crippen molar-refractivity contribution in [2.75, 3.05) is 0 Å². The highest BCUT2D eigenvalue weighted by Crippen LogP contribution is 2.23. The molecule has 2 aromatic carbocycles. The van der Waals surface area contributed by atoms with Crippen LogP contribution < -0.4 is 15.2 Å². The van der Waals surface area contributed by atoms with Crippen LogP contribution in [0.3, 0.4) is 0 Å². The van der Waals surface area contributed by atoms with E-state index in [1.807, 2.05) is 0 Å². The van der Waals surface area contributed by atoms with Gasteiger partial charge in [0.05, 0.1) is 0 Å². The number of halogens is 2. The summed E-state index contributed by atoms with van der Waals surface area (Å²) >= 11 is 11.9. The minimum Gasteiger partial charge on any atom is -0.348 e. The van der Waals surface area contributed by atoms with Crippen molar-refractivity contribution in [1.82, 2.24) is 10.6 Å². The molecular formula is C26H26Cl2N3O2+. The van der Waals surface area contributed by atoms with Crippen molar-refractivity contribution in [1.29, 1.82) is 0 Å². The highest BCUT2D eigenvalue weighted by Gasteiger charge is 2.30. The van der Waals surface area contributed by atoms with Crippen molar-refractivity contribution in [2.45, 2.75) is 46.3 Å². The smallest absolute Gasteiger partial charge is 0.251 e. The number of aromatic nitrogens is 1. The number of nitrogens with one attached hydrogen (secondary N) is 2. The Kier molecular flexibility index (Phi) is 7.01. The fraction of sp³-hybridized carbons (Fsp3) is 0.269. The predicted molar refractivity (Wildman–Crippen MR) is 130 cm³/mol. The first-order chi connectivity index (χ1) is 15.8. The fourth-order valence-corrected chi connectivity index (χ4v) is 4.68. The Balaban J connectivity index is 1.55. The Morgan fingerprint density at radius 2 is 1.30 bits per heavy atom. The van der Waals surface area contributed by atoms with E-state index in [0.717, 1.165) is 41.8 Å². The van der Waals surface area contributed by atoms with Crippen LogP contribution in [0.15, 0.2) is 48.5 Å². The zero-order valence-corrected chi connectivity index (χ0v) is 20.2. The van der Waals surface area contributed by atoms with Crippen LogP contribution in [0, 0.1) is 13.8 Å². The molecule has 1 aliphatic heterocycles. The topological polar surface area (TPSA) is 62.1 Å². The van der Waals surface area contributed by atoms with Crippen molar-refractivity contribution in [3.63, 3.8) is 0 Å². The van der Waals surface area contributed by atoms with Crippen molar-refractivity contribution in [2.24, 2.45) is 0 Å². The quantitative estimate of drug-likeness (QED) is 0.500. The van der Waals surface area contributed by atoms with E-state index in [0.29, 0.717) is 34.3 Å². The molecule has 5 nitrogen and oxygen atoms in total. The van der Waals surface area contributed by atoms with Crippen LogP contribution in [-0.2, 0) is 26.1 Å². The van der Waals surface area contributed by atoms with Crippen LogP contribution in [0.5, 0.6) is 0 Å². The Labute approximate surface area is 203 Å². The van der Waals surface area contributed by atoms with Crippen LogP contribution in [-0.4, -0.2) is 11.8 Å². The lowest BCUT2D eigenvalue weighted by Crippen LogP contribution is -2.41. The van der Waals surface area contributed by atoms with E-state index in [4.69, 9.17) is 23.2 Å². The highest BCUT2D eigenvalue weighted by molar-refractivity contribution is 6.31. The predicted octanol–water partition coefficient (Wildman–Crippen LogP) is 4.70. The number of hydrogen-bond acceptors (Lipinski definition) is 2. The summed E-state index contributed by atoms with van der Waals surface area (Å²) in [5.41, 5.74) is 6.87. The normalized spacial score (nSPS) is 12.4. The van der Waals surface area contributed by atoms with Crippen molar-refractivity contribution in [3.8, 4) is 0 Å². The standard InChI is InChI=1S/C26H25Cl2N3O2/c1-16-22(14-29-25(32)18-5-9-20(27)10-6-18)17(2)31-13-3-4-24(31)23(16)15-30-26(33)19-7-11-21(28)12-8-19/h5-12H,3-4,13-15H2,1-2H3,(H-,29,30,32,33)/p+1. The van der Waals surface area contributed by atoms with E-state index >= 15 is 0 Å². The van der Waals surface area contributed by atoms with E-state index in [9.17, 15) is 9.59 Å². The number of fused-ring (bicyclic) bond motifs is 1. The molecule has 2 heterocycles. The maximum absolute atomic E-state index is 12.7. The molecule has 0 bridgehead atoms. The Morgan fingerprint density at radius 3 is 1.82 bits per heavy atom. The Hall–Kier alpha value is -2.89. The molecule has 170 valence electrons. The molecular weight excluding hydrogens is 457 g/mol. The number of amides is 2. The molecule has 1 aliphatic rings. The van der Waals surface area contributed by atoms with Crippen LogP contribution in [0.1, 0.15) is 55.2 Å². The van der Waals surface area contributed by atoms with Gasteiger partial charge >= 0.3 is 0 Å². The molecule has 33 heavy (non-hydrogen) atoms. The van der Waals surface area contributed by atoms with Gasteiger partial charge in [0, 0.05) is 65.2 Å². The van der Waals surface area contributed by atoms with Gasteiger partial charge in [-0.2, -0.15) is 4.57 Å². The van der Waals surface area contributed by atoms with Gasteiger partial charge in [-0.15, -0.1) is 0 Å². The summed E-state index contributed by atoms with van der Waals surface area (Å²) in [6, 6.07) is 13.7. The van der Waals surface area contributed by atoms with Crippen molar-refractivity contribution >= 4 is 35.0 Å². The molecule has 0 unspecified atom stereocenters. The van der Waals surface area contributed by atoms with E-state index in [1.54, 1.807) is 48.5 Å². The summed E-state index contributed by atoms with van der Waals surface area (Å²) in [5.74, 6) is -0.283. The van der Waals surface area contributed by atoms with Gasteiger partial charge in [-0.25, -0.2) is 0 Å². The molecule has 0 spiro atoms. The van der Waals surface area contributed by atoms with Gasteiger partial charge in [-0.05, 0) is 61.0 Å². The van der Waals surface area contributed by atoms with Crippen molar-refractivity contribution < 1.29 is 14.2 Å². The zero-order chi connectivity index (χ0) is 23.5. The highest BCUT2D eigenvalue weighted by atomic mass is 35.5. The first-order valence-electron chi connectivity index (χ1n) is 11.0. The molecule has 0 fully saturated rings. The van der Waals surface area contributed by atoms with Gasteiger partial charge in [-0.3, -0.25) is 9.59 Å². The molecule has 1 aromatic heterocycles. The number of carbonyl (C=O) groups is 2. The summed E-state index contributed by atoms with van der Waals surface area (Å²) < 4.78 is 2.32. The summed E-state index contributed by atoms with van der Waals surface area (Å²) in [5, 5.41) is 7.28. The number of benzene rings is 2. The number of pyridine rings is 1. The average Bonchev–Trinajstić information content (AvgIpc) is 3.29. The SMILES string of the molecule is Cc1c(CNC(=O)c2ccc(Cl)cc2)c(C)[n+]2c(c1CNC(=O)c1ccc(Cl)cc1)CCC2. The summed E-state index contributed by atoms with van der Waals surface area (Å²) in [7, 11) is 0. The lowest BCUT2D eigenvalue weighted by atomic mass is 9.98. The van der Waals surface area contributed by atoms with Crippen LogP contribution >= 0.6 is 23.2 Å².